The Morgan fingerprint density at radius 1 is 1.50 bits per heavy atom. The molecule has 22 heavy (non-hydrogen) atoms. The lowest BCUT2D eigenvalue weighted by atomic mass is 10.4. The van der Waals surface area contributed by atoms with Gasteiger partial charge in [-0.2, -0.15) is 13.8 Å². The van der Waals surface area contributed by atoms with E-state index in [9.17, 15) is 17.7 Å². The Morgan fingerprint density at radius 2 is 2.23 bits per heavy atom. The minimum atomic E-state index is -2.40. The minimum Gasteiger partial charge on any atom is -0.608 e. The number of hydrogen-bond donors (Lipinski definition) is 0. The third-order valence-corrected chi connectivity index (χ3v) is 4.11. The molecule has 0 radical (unpaired) electrons. The van der Waals surface area contributed by atoms with Crippen LogP contribution in [0.2, 0.25) is 0 Å². The van der Waals surface area contributed by atoms with Crippen LogP contribution in [0.15, 0.2) is 26.7 Å². The van der Waals surface area contributed by atoms with Gasteiger partial charge in [0.2, 0.25) is 0 Å². The molecule has 1 aliphatic rings. The van der Waals surface area contributed by atoms with Crippen LogP contribution < -0.4 is 0 Å². The summed E-state index contributed by atoms with van der Waals surface area (Å²) in [6.45, 7) is 2.16. The zero-order valence-corrected chi connectivity index (χ0v) is 12.7. The molecule has 0 saturated heterocycles. The number of aryl methyl sites for hydroxylation is 1. The van der Waals surface area contributed by atoms with Crippen molar-refractivity contribution in [2.45, 2.75) is 31.4 Å². The van der Waals surface area contributed by atoms with E-state index in [1.54, 1.807) is 6.92 Å². The van der Waals surface area contributed by atoms with Crippen LogP contribution >= 0.6 is 0 Å². The smallest absolute Gasteiger partial charge is 0.415 e. The molecule has 0 bridgehead atoms. The Morgan fingerprint density at radius 3 is 2.86 bits per heavy atom. The summed E-state index contributed by atoms with van der Waals surface area (Å²) in [6.07, 6.45) is 0.563. The number of halogens is 3. The van der Waals surface area contributed by atoms with Crippen LogP contribution in [0.4, 0.5) is 13.2 Å². The molecule has 122 valence electrons. The van der Waals surface area contributed by atoms with E-state index in [4.69, 9.17) is 9.25 Å². The van der Waals surface area contributed by atoms with Crippen molar-refractivity contribution in [2.24, 2.45) is 11.1 Å². The average molecular weight is 336 g/mol. The molecule has 0 N–H and O–H groups in total. The van der Waals surface area contributed by atoms with E-state index in [1.807, 2.05) is 0 Å². The molecule has 9 heteroatoms. The van der Waals surface area contributed by atoms with Gasteiger partial charge in [-0.15, -0.1) is 0 Å². The molecule has 1 atom stereocenters. The number of allylic oxidation sites excluding steroid dienone is 1. The summed E-state index contributed by atoms with van der Waals surface area (Å²) in [5, 5.41) is 3.58. The summed E-state index contributed by atoms with van der Waals surface area (Å²) in [7, 11) is 0. The van der Waals surface area contributed by atoms with Gasteiger partial charge < -0.3 is 13.8 Å². The van der Waals surface area contributed by atoms with Gasteiger partial charge in [0.1, 0.15) is 18.6 Å². The second kappa shape index (κ2) is 7.68. The number of rotatable bonds is 8. The summed E-state index contributed by atoms with van der Waals surface area (Å²) in [4.78, 5) is 8.98. The van der Waals surface area contributed by atoms with Gasteiger partial charge in [-0.25, -0.2) is 4.39 Å². The molecule has 1 unspecified atom stereocenters. The highest BCUT2D eigenvalue weighted by Gasteiger charge is 2.23. The van der Waals surface area contributed by atoms with Crippen molar-refractivity contribution in [2.75, 3.05) is 12.4 Å². The van der Waals surface area contributed by atoms with E-state index in [0.717, 1.165) is 12.8 Å². The van der Waals surface area contributed by atoms with Gasteiger partial charge in [-0.1, -0.05) is 5.16 Å². The predicted molar refractivity (Wildman–Crippen MR) is 73.8 cm³/mol. The van der Waals surface area contributed by atoms with E-state index < -0.39 is 29.5 Å². The number of aromatic nitrogens is 1. The van der Waals surface area contributed by atoms with Crippen LogP contribution in [0.3, 0.4) is 0 Å². The maximum absolute atomic E-state index is 12.7. The first-order valence-corrected chi connectivity index (χ1v) is 8.00. The minimum absolute atomic E-state index is 0.145. The molecule has 1 aromatic heterocycles. The second-order valence-corrected chi connectivity index (χ2v) is 6.32. The highest BCUT2D eigenvalue weighted by atomic mass is 32.2. The van der Waals surface area contributed by atoms with Crippen LogP contribution in [-0.4, -0.2) is 28.1 Å². The second-order valence-electron chi connectivity index (χ2n) is 4.87. The lowest BCUT2D eigenvalue weighted by molar-refractivity contribution is 0.135. The van der Waals surface area contributed by atoms with Crippen molar-refractivity contribution in [3.05, 3.63) is 23.4 Å². The van der Waals surface area contributed by atoms with E-state index in [2.05, 4.69) is 10.1 Å². The standard InChI is InChI=1S/C13H15F3N2O3S/c1-8-11(6-17-20-7-9-2-3-9)21-13(18-8)22(19)5-4-10(14)12(15)16/h6,9H,2-5,7H2,1H3/b17-6+. The molecular formula is C13H15F3N2O3S. The molecule has 0 aliphatic heterocycles. The molecular weight excluding hydrogens is 321 g/mol. The van der Waals surface area contributed by atoms with Gasteiger partial charge in [0, 0.05) is 11.2 Å². The first-order valence-electron chi connectivity index (χ1n) is 6.68. The van der Waals surface area contributed by atoms with E-state index in [0.29, 0.717) is 18.2 Å². The molecule has 1 aromatic rings. The zero-order valence-electron chi connectivity index (χ0n) is 11.9. The average Bonchev–Trinajstić information content (AvgIpc) is 3.23. The Hall–Kier alpha value is -1.48. The van der Waals surface area contributed by atoms with Crippen molar-refractivity contribution in [3.8, 4) is 0 Å². The van der Waals surface area contributed by atoms with Crippen LogP contribution in [-0.2, 0) is 16.0 Å². The highest BCUT2D eigenvalue weighted by Crippen LogP contribution is 2.28. The Bertz CT molecular complexity index is 569. The fourth-order valence-electron chi connectivity index (χ4n) is 1.48. The van der Waals surface area contributed by atoms with Gasteiger partial charge in [-0.3, -0.25) is 0 Å². The van der Waals surface area contributed by atoms with Gasteiger partial charge in [0.05, 0.1) is 12.1 Å². The third-order valence-electron chi connectivity index (χ3n) is 2.97. The molecule has 1 saturated carbocycles. The SMILES string of the molecule is Cc1nc([S+]([O-])CCC(F)=C(F)F)oc1/C=N/OCC1CC1. The van der Waals surface area contributed by atoms with Crippen LogP contribution in [0.5, 0.6) is 0 Å². The van der Waals surface area contributed by atoms with E-state index in [-0.39, 0.29) is 16.7 Å². The maximum atomic E-state index is 12.7. The Balaban J connectivity index is 1.88. The van der Waals surface area contributed by atoms with Gasteiger partial charge >= 0.3 is 11.3 Å². The molecule has 0 spiro atoms. The number of nitrogens with zero attached hydrogens (tertiary/aromatic N) is 2. The summed E-state index contributed by atoms with van der Waals surface area (Å²) >= 11 is -1.80. The van der Waals surface area contributed by atoms with E-state index in [1.165, 1.54) is 6.21 Å². The lowest BCUT2D eigenvalue weighted by Gasteiger charge is -2.03. The van der Waals surface area contributed by atoms with Crippen molar-refractivity contribution >= 4 is 17.4 Å². The summed E-state index contributed by atoms with van der Waals surface area (Å²) in [5.74, 6) is -1.08. The van der Waals surface area contributed by atoms with Crippen LogP contribution in [0.25, 0.3) is 0 Å². The summed E-state index contributed by atoms with van der Waals surface area (Å²) in [5.41, 5.74) is 0.440. The largest absolute Gasteiger partial charge is 0.608 e. The topological polar surface area (TPSA) is 70.7 Å². The Labute approximate surface area is 128 Å². The predicted octanol–water partition coefficient (Wildman–Crippen LogP) is 3.32. The van der Waals surface area contributed by atoms with Crippen molar-refractivity contribution < 1.29 is 27.0 Å². The van der Waals surface area contributed by atoms with Gasteiger partial charge in [-0.05, 0) is 25.7 Å². The number of hydrogen-bond acceptors (Lipinski definition) is 5. The molecule has 5 nitrogen and oxygen atoms in total. The fourth-order valence-corrected chi connectivity index (χ4v) is 2.44. The quantitative estimate of drug-likeness (QED) is 0.415. The molecule has 1 aliphatic carbocycles. The zero-order chi connectivity index (χ0) is 16.1. The number of oxazole rings is 1. The first kappa shape index (κ1) is 16.9. The first-order chi connectivity index (χ1) is 10.5. The van der Waals surface area contributed by atoms with Crippen LogP contribution in [0, 0.1) is 12.8 Å². The molecule has 2 rings (SSSR count). The maximum Gasteiger partial charge on any atom is 0.415 e. The molecule has 0 amide bonds. The van der Waals surface area contributed by atoms with Gasteiger partial charge in [0.15, 0.2) is 11.6 Å². The van der Waals surface area contributed by atoms with Crippen LogP contribution in [0.1, 0.15) is 30.7 Å². The monoisotopic (exact) mass is 336 g/mol. The molecule has 1 heterocycles. The number of oxime groups is 1. The normalized spacial score (nSPS) is 16.0. The van der Waals surface area contributed by atoms with E-state index >= 15 is 0 Å². The highest BCUT2D eigenvalue weighted by molar-refractivity contribution is 7.91. The molecule has 1 fully saturated rings. The fraction of sp³-hybridized carbons (Fsp3) is 0.538. The van der Waals surface area contributed by atoms with Crippen molar-refractivity contribution in [1.82, 2.24) is 4.98 Å². The third kappa shape index (κ3) is 5.06. The van der Waals surface area contributed by atoms with Crippen molar-refractivity contribution in [3.63, 3.8) is 0 Å². The Kier molecular flexibility index (Phi) is 5.90. The lowest BCUT2D eigenvalue weighted by Crippen LogP contribution is -2.07. The van der Waals surface area contributed by atoms with Gasteiger partial charge in [0.25, 0.3) is 0 Å². The summed E-state index contributed by atoms with van der Waals surface area (Å²) < 4.78 is 53.5. The molecule has 0 aromatic carbocycles. The van der Waals surface area contributed by atoms with Crippen molar-refractivity contribution in [1.29, 1.82) is 0 Å². The summed E-state index contributed by atoms with van der Waals surface area (Å²) in [6, 6.07) is 0.